The van der Waals surface area contributed by atoms with Crippen molar-refractivity contribution in [2.75, 3.05) is 7.11 Å². The molecule has 2 aromatic carbocycles. The number of ether oxygens (including phenoxy) is 3. The maximum atomic E-state index is 13.7. The normalized spacial score (nSPS) is 31.2. The summed E-state index contributed by atoms with van der Waals surface area (Å²) in [5.74, 6) is -6.83. The van der Waals surface area contributed by atoms with Gasteiger partial charge in [0.2, 0.25) is 5.78 Å². The molecule has 1 heterocycles. The number of ketones is 2. The predicted molar refractivity (Wildman–Crippen MR) is 133 cm³/mol. The molecule has 3 aliphatic rings. The highest BCUT2D eigenvalue weighted by Gasteiger charge is 2.52. The van der Waals surface area contributed by atoms with E-state index < -0.39 is 87.9 Å². The summed E-state index contributed by atoms with van der Waals surface area (Å²) >= 11 is 0. The Bertz CT molecular complexity index is 1410. The van der Waals surface area contributed by atoms with Gasteiger partial charge in [-0.1, -0.05) is 19.1 Å². The lowest BCUT2D eigenvalue weighted by Gasteiger charge is -2.46. The van der Waals surface area contributed by atoms with Gasteiger partial charge in [0.25, 0.3) is 0 Å². The highest BCUT2D eigenvalue weighted by Crippen LogP contribution is 2.57. The number of benzene rings is 2. The van der Waals surface area contributed by atoms with Gasteiger partial charge in [-0.15, -0.1) is 0 Å². The van der Waals surface area contributed by atoms with Crippen molar-refractivity contribution in [2.24, 2.45) is 0 Å². The number of rotatable bonds is 5. The summed E-state index contributed by atoms with van der Waals surface area (Å²) < 4.78 is 17.2. The zero-order valence-electron chi connectivity index (χ0n) is 22.2. The van der Waals surface area contributed by atoms with Crippen LogP contribution < -0.4 is 15.6 Å². The van der Waals surface area contributed by atoms with Crippen molar-refractivity contribution in [2.45, 2.75) is 75.3 Å². The third kappa shape index (κ3) is 3.98. The lowest BCUT2D eigenvalue weighted by molar-refractivity contribution is -0.466. The molecule has 2 aromatic rings. The lowest BCUT2D eigenvalue weighted by atomic mass is 9.66. The molecule has 12 heteroatoms. The topological polar surface area (TPSA) is 211 Å². The number of quaternary nitrogens is 1. The first-order valence-corrected chi connectivity index (χ1v) is 13.0. The molecule has 1 unspecified atom stereocenters. The fourth-order valence-corrected chi connectivity index (χ4v) is 6.23. The first-order chi connectivity index (χ1) is 18.9. The van der Waals surface area contributed by atoms with Gasteiger partial charge in [-0.25, -0.2) is 0 Å². The number of phenolic OH excluding ortho intramolecular Hbond substituents is 2. The molecule has 0 radical (unpaired) electrons. The van der Waals surface area contributed by atoms with Crippen LogP contribution in [0.3, 0.4) is 0 Å². The molecule has 40 heavy (non-hydrogen) atoms. The highest BCUT2D eigenvalue weighted by molar-refractivity contribution is 6.31. The Morgan fingerprint density at radius 2 is 1.80 bits per heavy atom. The zero-order valence-corrected chi connectivity index (χ0v) is 22.2. The SMILES string of the molecule is CC[C@@]1(O)C[C@H](O[C@H]2C[C@H]([NH3+])[C@H](O)[C@H](C)O2)c2c(O)c3c(c(O)c2C1C(=O)[O-])C(=O)c1cccc(OC)c1C3=O. The number of fused-ring (bicyclic) bond motifs is 3. The molecule has 1 aliphatic heterocycles. The Labute approximate surface area is 228 Å². The Morgan fingerprint density at radius 1 is 1.15 bits per heavy atom. The van der Waals surface area contributed by atoms with Crippen molar-refractivity contribution < 1.29 is 59.9 Å². The van der Waals surface area contributed by atoms with E-state index in [-0.39, 0.29) is 41.7 Å². The predicted octanol–water partition coefficient (Wildman–Crippen LogP) is -0.576. The van der Waals surface area contributed by atoms with Crippen LogP contribution in [0.1, 0.15) is 88.1 Å². The van der Waals surface area contributed by atoms with Crippen LogP contribution in [-0.4, -0.2) is 75.2 Å². The van der Waals surface area contributed by atoms with E-state index in [1.54, 1.807) is 6.92 Å². The molecule has 1 fully saturated rings. The van der Waals surface area contributed by atoms with E-state index in [2.05, 4.69) is 5.73 Å². The fraction of sp³-hybridized carbons (Fsp3) is 0.464. The number of carboxylic acids is 1. The molecular weight excluding hydrogens is 526 g/mol. The number of hydrogen-bond acceptors (Lipinski definition) is 11. The summed E-state index contributed by atoms with van der Waals surface area (Å²) in [6.07, 6.45) is -4.17. The van der Waals surface area contributed by atoms with Gasteiger partial charge >= 0.3 is 0 Å². The molecule has 0 bridgehead atoms. The van der Waals surface area contributed by atoms with Gasteiger partial charge in [0.1, 0.15) is 29.4 Å². The van der Waals surface area contributed by atoms with Crippen LogP contribution in [0, 0.1) is 0 Å². The summed E-state index contributed by atoms with van der Waals surface area (Å²) in [5.41, 5.74) is -0.200. The second-order valence-electron chi connectivity index (χ2n) is 10.6. The summed E-state index contributed by atoms with van der Waals surface area (Å²) in [4.78, 5) is 39.8. The molecule has 5 rings (SSSR count). The van der Waals surface area contributed by atoms with E-state index in [0.29, 0.717) is 0 Å². The number of aliphatic hydroxyl groups excluding tert-OH is 1. The molecule has 1 saturated heterocycles. The Kier molecular flexibility index (Phi) is 6.87. The van der Waals surface area contributed by atoms with Crippen molar-refractivity contribution in [1.29, 1.82) is 0 Å². The summed E-state index contributed by atoms with van der Waals surface area (Å²) in [6.45, 7) is 3.16. The number of aromatic hydroxyl groups is 2. The minimum atomic E-state index is -2.03. The van der Waals surface area contributed by atoms with E-state index in [0.717, 1.165) is 0 Å². The second kappa shape index (κ2) is 9.82. The van der Waals surface area contributed by atoms with E-state index in [1.807, 2.05) is 0 Å². The van der Waals surface area contributed by atoms with Crippen LogP contribution in [0.25, 0.3) is 0 Å². The number of carbonyl (C=O) groups excluding carboxylic acids is 3. The largest absolute Gasteiger partial charge is 0.549 e. The standard InChI is InChI=1S/C28H31NO11/c1-4-28(37)9-14(40-15-8-12(29)22(30)10(2)39-15)17-18(21(28)27(35)36)26(34)19-20(25(17)33)24(32)16-11(23(19)31)6-5-7-13(16)38-3/h5-7,10,12,14-15,21-22,30,33-34,37H,4,8-9,29H2,1-3H3,(H,35,36)/t10-,12-,14-,15-,21?,22+,28+/m0/s1. The van der Waals surface area contributed by atoms with E-state index in [9.17, 15) is 39.9 Å². The number of phenols is 2. The number of methoxy groups -OCH3 is 1. The quantitative estimate of drug-likeness (QED) is 0.251. The van der Waals surface area contributed by atoms with E-state index >= 15 is 0 Å². The molecule has 2 aliphatic carbocycles. The molecule has 0 amide bonds. The average molecular weight is 558 g/mol. The fourth-order valence-electron chi connectivity index (χ4n) is 6.23. The third-order valence-electron chi connectivity index (χ3n) is 8.37. The van der Waals surface area contributed by atoms with Crippen molar-refractivity contribution in [3.63, 3.8) is 0 Å². The van der Waals surface area contributed by atoms with Crippen molar-refractivity contribution in [1.82, 2.24) is 0 Å². The molecule has 0 saturated carbocycles. The van der Waals surface area contributed by atoms with Crippen LogP contribution in [-0.2, 0) is 14.3 Å². The first kappa shape index (κ1) is 28.0. The smallest absolute Gasteiger partial charge is 0.202 e. The molecule has 7 atom stereocenters. The first-order valence-electron chi connectivity index (χ1n) is 13.0. The van der Waals surface area contributed by atoms with Gasteiger partial charge in [-0.3, -0.25) is 9.59 Å². The van der Waals surface area contributed by atoms with Gasteiger partial charge in [0.05, 0.1) is 59.9 Å². The van der Waals surface area contributed by atoms with Crippen LogP contribution in [0.4, 0.5) is 0 Å². The lowest BCUT2D eigenvalue weighted by Crippen LogP contribution is -2.71. The summed E-state index contributed by atoms with van der Waals surface area (Å²) in [5, 5.41) is 57.2. The van der Waals surface area contributed by atoms with Crippen LogP contribution in [0.5, 0.6) is 17.2 Å². The summed E-state index contributed by atoms with van der Waals surface area (Å²) in [6, 6.07) is 3.82. The molecule has 214 valence electrons. The van der Waals surface area contributed by atoms with Crippen molar-refractivity contribution in [3.8, 4) is 17.2 Å². The number of aliphatic carboxylic acids is 1. The van der Waals surface area contributed by atoms with Crippen LogP contribution >= 0.6 is 0 Å². The summed E-state index contributed by atoms with van der Waals surface area (Å²) in [7, 11) is 1.31. The third-order valence-corrected chi connectivity index (χ3v) is 8.37. The van der Waals surface area contributed by atoms with Gasteiger partial charge in [0, 0.05) is 23.1 Å². The number of carboxylic acid groups (broad SMARTS) is 1. The molecular formula is C28H31NO11. The number of aliphatic hydroxyl groups is 2. The van der Waals surface area contributed by atoms with Gasteiger partial charge in [-0.05, 0) is 19.4 Å². The second-order valence-corrected chi connectivity index (χ2v) is 10.6. The van der Waals surface area contributed by atoms with E-state index in [1.165, 1.54) is 32.2 Å². The maximum absolute atomic E-state index is 13.7. The highest BCUT2D eigenvalue weighted by atomic mass is 16.7. The monoisotopic (exact) mass is 557 g/mol. The van der Waals surface area contributed by atoms with Crippen LogP contribution in [0.2, 0.25) is 0 Å². The molecule has 0 aromatic heterocycles. The van der Waals surface area contributed by atoms with Crippen LogP contribution in [0.15, 0.2) is 18.2 Å². The Balaban J connectivity index is 1.75. The zero-order chi connectivity index (χ0) is 29.3. The molecule has 7 N–H and O–H groups in total. The number of hydrogen-bond donors (Lipinski definition) is 5. The van der Waals surface area contributed by atoms with Gasteiger partial charge in [0.15, 0.2) is 12.1 Å². The maximum Gasteiger partial charge on any atom is 0.202 e. The van der Waals surface area contributed by atoms with E-state index in [4.69, 9.17) is 14.2 Å². The van der Waals surface area contributed by atoms with Gasteiger partial charge < -0.3 is 50.3 Å². The van der Waals surface area contributed by atoms with Gasteiger partial charge in [-0.2, -0.15) is 0 Å². The Morgan fingerprint density at radius 3 is 2.40 bits per heavy atom. The Hall–Kier alpha value is -3.55. The number of carbonyl (C=O) groups is 3. The molecule has 0 spiro atoms. The minimum Gasteiger partial charge on any atom is -0.549 e. The molecule has 12 nitrogen and oxygen atoms in total. The van der Waals surface area contributed by atoms with Crippen molar-refractivity contribution >= 4 is 17.5 Å². The minimum absolute atomic E-state index is 0.0727. The van der Waals surface area contributed by atoms with Crippen molar-refractivity contribution in [3.05, 3.63) is 51.6 Å². The average Bonchev–Trinajstić information content (AvgIpc) is 2.91.